The van der Waals surface area contributed by atoms with Crippen molar-refractivity contribution in [1.82, 2.24) is 14.8 Å². The van der Waals surface area contributed by atoms with Gasteiger partial charge in [0.05, 0.1) is 40.4 Å². The molecule has 2 aliphatic heterocycles. The van der Waals surface area contributed by atoms with Crippen LogP contribution in [0.25, 0.3) is 0 Å². The number of nitrogens with zero attached hydrogens (tertiary/aromatic N) is 3. The molecule has 1 N–H and O–H groups in total. The number of thiazole rings is 1. The van der Waals surface area contributed by atoms with Gasteiger partial charge in [0, 0.05) is 26.2 Å². The Morgan fingerprint density at radius 2 is 1.84 bits per heavy atom. The van der Waals surface area contributed by atoms with Gasteiger partial charge in [0.2, 0.25) is 5.78 Å². The maximum Gasteiger partial charge on any atom is 0.290 e. The highest BCUT2D eigenvalue weighted by Crippen LogP contribution is 2.40. The second-order valence-corrected chi connectivity index (χ2v) is 9.21. The SMILES string of the molecule is Cc1ccc([C@H]2C(C(=O)c3sc(C)nc3C)=C(O)C(=O)N2CCN2CCOCC2)cc1. The maximum atomic E-state index is 13.5. The van der Waals surface area contributed by atoms with Gasteiger partial charge < -0.3 is 14.7 Å². The average molecular weight is 442 g/mol. The highest BCUT2D eigenvalue weighted by Gasteiger charge is 2.44. The normalized spacial score (nSPS) is 20.0. The Kier molecular flexibility index (Phi) is 6.22. The molecule has 0 bridgehead atoms. The lowest BCUT2D eigenvalue weighted by Crippen LogP contribution is -2.43. The van der Waals surface area contributed by atoms with E-state index in [1.807, 2.05) is 38.1 Å². The number of aryl methyl sites for hydroxylation is 3. The number of hydrogen-bond donors (Lipinski definition) is 1. The zero-order valence-corrected chi connectivity index (χ0v) is 18.9. The van der Waals surface area contributed by atoms with E-state index >= 15 is 0 Å². The van der Waals surface area contributed by atoms with Crippen molar-refractivity contribution < 1.29 is 19.4 Å². The quantitative estimate of drug-likeness (QED) is 0.694. The summed E-state index contributed by atoms with van der Waals surface area (Å²) < 4.78 is 5.40. The number of carbonyl (C=O) groups is 2. The zero-order valence-electron chi connectivity index (χ0n) is 18.1. The molecule has 1 amide bonds. The fourth-order valence-electron chi connectivity index (χ4n) is 4.15. The number of carbonyl (C=O) groups excluding carboxylic acids is 2. The van der Waals surface area contributed by atoms with E-state index in [0.29, 0.717) is 36.9 Å². The highest BCUT2D eigenvalue weighted by molar-refractivity contribution is 7.14. The van der Waals surface area contributed by atoms with E-state index < -0.39 is 17.7 Å². The van der Waals surface area contributed by atoms with Crippen LogP contribution < -0.4 is 0 Å². The molecular formula is C23H27N3O4S. The number of aliphatic hydroxyl groups is 1. The van der Waals surface area contributed by atoms with Crippen LogP contribution in [-0.2, 0) is 9.53 Å². The summed E-state index contributed by atoms with van der Waals surface area (Å²) in [5, 5.41) is 11.6. The van der Waals surface area contributed by atoms with Crippen LogP contribution in [0.4, 0.5) is 0 Å². The van der Waals surface area contributed by atoms with Crippen LogP contribution in [0.1, 0.15) is 37.5 Å². The summed E-state index contributed by atoms with van der Waals surface area (Å²) >= 11 is 1.29. The Morgan fingerprint density at radius 3 is 2.45 bits per heavy atom. The van der Waals surface area contributed by atoms with Gasteiger partial charge in [-0.1, -0.05) is 29.8 Å². The third kappa shape index (κ3) is 4.28. The number of rotatable bonds is 6. The van der Waals surface area contributed by atoms with E-state index in [-0.39, 0.29) is 11.4 Å². The molecule has 31 heavy (non-hydrogen) atoms. The van der Waals surface area contributed by atoms with Crippen molar-refractivity contribution in [3.05, 3.63) is 62.3 Å². The number of morpholine rings is 1. The van der Waals surface area contributed by atoms with Gasteiger partial charge in [-0.25, -0.2) is 4.98 Å². The zero-order chi connectivity index (χ0) is 22.1. The van der Waals surface area contributed by atoms with E-state index in [1.165, 1.54) is 11.3 Å². The Hall–Kier alpha value is -2.55. The lowest BCUT2D eigenvalue weighted by molar-refractivity contribution is -0.129. The van der Waals surface area contributed by atoms with Gasteiger partial charge in [0.1, 0.15) is 0 Å². The molecule has 1 aromatic carbocycles. The molecule has 0 saturated carbocycles. The number of Topliss-reactive ketones (excluding diaryl/α,β-unsaturated/α-hetero) is 1. The molecule has 164 valence electrons. The number of ketones is 1. The first-order valence-corrected chi connectivity index (χ1v) is 11.3. The smallest absolute Gasteiger partial charge is 0.290 e. The van der Waals surface area contributed by atoms with Gasteiger partial charge in [-0.05, 0) is 26.3 Å². The van der Waals surface area contributed by atoms with Crippen LogP contribution in [0.2, 0.25) is 0 Å². The molecule has 1 aromatic heterocycles. The monoisotopic (exact) mass is 441 g/mol. The fraction of sp³-hybridized carbons (Fsp3) is 0.435. The molecule has 8 heteroatoms. The summed E-state index contributed by atoms with van der Waals surface area (Å²) in [6.45, 7) is 9.64. The van der Waals surface area contributed by atoms with Gasteiger partial charge in [-0.3, -0.25) is 14.5 Å². The molecule has 1 atom stereocenters. The minimum Gasteiger partial charge on any atom is -0.503 e. The maximum absolute atomic E-state index is 13.5. The molecule has 2 aliphatic rings. The summed E-state index contributed by atoms with van der Waals surface area (Å²) in [5.41, 5.74) is 2.66. The second kappa shape index (κ2) is 8.90. The van der Waals surface area contributed by atoms with Crippen LogP contribution in [0.5, 0.6) is 0 Å². The van der Waals surface area contributed by atoms with Gasteiger partial charge >= 0.3 is 0 Å². The number of hydrogen-bond acceptors (Lipinski definition) is 7. The van der Waals surface area contributed by atoms with Gasteiger partial charge in [-0.2, -0.15) is 0 Å². The van der Waals surface area contributed by atoms with Crippen LogP contribution in [0.3, 0.4) is 0 Å². The molecule has 4 rings (SSSR count). The van der Waals surface area contributed by atoms with Gasteiger partial charge in [0.25, 0.3) is 5.91 Å². The first-order valence-electron chi connectivity index (χ1n) is 10.5. The third-order valence-electron chi connectivity index (χ3n) is 5.81. The van der Waals surface area contributed by atoms with Crippen LogP contribution in [-0.4, -0.2) is 71.0 Å². The van der Waals surface area contributed by atoms with Gasteiger partial charge in [-0.15, -0.1) is 11.3 Å². The second-order valence-electron chi connectivity index (χ2n) is 8.00. The van der Waals surface area contributed by atoms with Crippen molar-refractivity contribution in [2.45, 2.75) is 26.8 Å². The fourth-order valence-corrected chi connectivity index (χ4v) is 5.02. The van der Waals surface area contributed by atoms with Crippen LogP contribution in [0.15, 0.2) is 35.6 Å². The minimum atomic E-state index is -0.622. The third-order valence-corrected chi connectivity index (χ3v) is 6.88. The summed E-state index contributed by atoms with van der Waals surface area (Å²) in [5.74, 6) is -1.28. The molecule has 0 unspecified atom stereocenters. The van der Waals surface area contributed by atoms with Crippen molar-refractivity contribution in [2.75, 3.05) is 39.4 Å². The van der Waals surface area contributed by atoms with Crippen LogP contribution in [0, 0.1) is 20.8 Å². The molecule has 1 fully saturated rings. The lowest BCUT2D eigenvalue weighted by Gasteiger charge is -2.31. The molecule has 7 nitrogen and oxygen atoms in total. The largest absolute Gasteiger partial charge is 0.503 e. The van der Waals surface area contributed by atoms with Crippen molar-refractivity contribution in [2.24, 2.45) is 0 Å². The van der Waals surface area contributed by atoms with Crippen molar-refractivity contribution in [1.29, 1.82) is 0 Å². The summed E-state index contributed by atoms with van der Waals surface area (Å²) in [6, 6.07) is 7.14. The van der Waals surface area contributed by atoms with E-state index in [9.17, 15) is 14.7 Å². The van der Waals surface area contributed by atoms with E-state index in [4.69, 9.17) is 4.74 Å². The van der Waals surface area contributed by atoms with Crippen LogP contribution >= 0.6 is 11.3 Å². The Labute approximate surface area is 186 Å². The number of benzene rings is 1. The molecule has 0 radical (unpaired) electrons. The first kappa shape index (κ1) is 21.7. The lowest BCUT2D eigenvalue weighted by atomic mass is 9.94. The predicted octanol–water partition coefficient (Wildman–Crippen LogP) is 2.98. The topological polar surface area (TPSA) is 83.0 Å². The molecular weight excluding hydrogens is 414 g/mol. The number of aliphatic hydroxyl groups excluding tert-OH is 1. The molecule has 0 aliphatic carbocycles. The average Bonchev–Trinajstić information content (AvgIpc) is 3.23. The molecule has 2 aromatic rings. The number of amides is 1. The number of ether oxygens (including phenoxy) is 1. The summed E-state index contributed by atoms with van der Waals surface area (Å²) in [7, 11) is 0. The molecule has 1 saturated heterocycles. The van der Waals surface area contributed by atoms with Gasteiger partial charge in [0.15, 0.2) is 5.76 Å². The van der Waals surface area contributed by atoms with E-state index in [0.717, 1.165) is 29.2 Å². The number of aromatic nitrogens is 1. The van der Waals surface area contributed by atoms with Crippen molar-refractivity contribution in [3.63, 3.8) is 0 Å². The minimum absolute atomic E-state index is 0.141. The van der Waals surface area contributed by atoms with E-state index in [1.54, 1.807) is 11.8 Å². The highest BCUT2D eigenvalue weighted by atomic mass is 32.1. The molecule has 3 heterocycles. The Balaban J connectivity index is 1.69. The summed E-state index contributed by atoms with van der Waals surface area (Å²) in [4.78, 5) is 35.2. The summed E-state index contributed by atoms with van der Waals surface area (Å²) in [6.07, 6.45) is 0. The standard InChI is InChI=1S/C23H27N3O4S/c1-14-4-6-17(7-5-14)19-18(20(27)22-15(2)24-16(3)31-22)21(28)23(29)26(19)9-8-25-10-12-30-13-11-25/h4-7,19,28H,8-13H2,1-3H3/t19-/m0/s1. The predicted molar refractivity (Wildman–Crippen MR) is 118 cm³/mol. The Morgan fingerprint density at radius 1 is 1.16 bits per heavy atom. The molecule has 0 spiro atoms. The Bertz CT molecular complexity index is 1020. The van der Waals surface area contributed by atoms with E-state index in [2.05, 4.69) is 9.88 Å². The van der Waals surface area contributed by atoms with Crippen molar-refractivity contribution in [3.8, 4) is 0 Å². The van der Waals surface area contributed by atoms with Crippen molar-refractivity contribution >= 4 is 23.0 Å². The first-order chi connectivity index (χ1) is 14.9.